The zero-order chi connectivity index (χ0) is 40.9. The van der Waals surface area contributed by atoms with E-state index in [0.29, 0.717) is 26.1 Å². The minimum atomic E-state index is -0.879. The van der Waals surface area contributed by atoms with Gasteiger partial charge in [0.2, 0.25) is 17.7 Å². The topological polar surface area (TPSA) is 146 Å². The minimum absolute atomic E-state index is 0.0207. The molecule has 0 radical (unpaired) electrons. The number of aliphatic hydroxyl groups is 1. The van der Waals surface area contributed by atoms with Crippen LogP contribution in [-0.4, -0.2) is 94.3 Å². The number of aryl methyl sites for hydroxylation is 1. The Hall–Kier alpha value is -4.37. The molecule has 2 aliphatic rings. The molecule has 0 aliphatic carbocycles. The highest BCUT2D eigenvalue weighted by Crippen LogP contribution is 2.32. The van der Waals surface area contributed by atoms with Crippen LogP contribution in [-0.2, 0) is 19.1 Å². The van der Waals surface area contributed by atoms with Crippen molar-refractivity contribution in [2.45, 2.75) is 111 Å². The lowest BCUT2D eigenvalue weighted by atomic mass is 9.85. The average molecular weight is 817 g/mol. The van der Waals surface area contributed by atoms with E-state index in [9.17, 15) is 19.5 Å². The number of morpholine rings is 1. The predicted molar refractivity (Wildman–Crippen MR) is 225 cm³/mol. The normalized spacial score (nSPS) is 20.9. The second kappa shape index (κ2) is 18.5. The molecule has 0 spiro atoms. The maximum atomic E-state index is 14.1. The molecule has 306 valence electrons. The van der Waals surface area contributed by atoms with Crippen molar-refractivity contribution in [2.24, 2.45) is 5.41 Å². The lowest BCUT2D eigenvalue weighted by molar-refractivity contribution is -0.144. The number of β-amino-alcohol motifs (C(OH)–C–C–N with tert-alkyl or cyclic N) is 1. The van der Waals surface area contributed by atoms with Crippen molar-refractivity contribution in [3.63, 3.8) is 0 Å². The van der Waals surface area contributed by atoms with Gasteiger partial charge in [0.15, 0.2) is 5.13 Å². The van der Waals surface area contributed by atoms with Crippen LogP contribution in [0.15, 0.2) is 59.4 Å². The number of carbonyl (C=O) groups is 3. The SMILES string of the molecule is Cc1ncsc1-c1ccc([C@H](C)NC(=O)[C@@H]2C[C@@H](O)CN2C(=O)[C@@H](NC(=O)CCCCOc2ccc(-c3csc(N4CC(C)OCC4C)n3)cc2)C(C)(C)C)cc1. The van der Waals surface area contributed by atoms with Crippen molar-refractivity contribution in [3.05, 3.63) is 70.7 Å². The molecule has 6 rings (SSSR count). The molecule has 4 aromatic rings. The van der Waals surface area contributed by atoms with Crippen molar-refractivity contribution in [3.8, 4) is 27.4 Å². The van der Waals surface area contributed by atoms with Gasteiger partial charge in [-0.25, -0.2) is 9.97 Å². The summed E-state index contributed by atoms with van der Waals surface area (Å²) < 4.78 is 11.7. The van der Waals surface area contributed by atoms with Gasteiger partial charge in [0.05, 0.1) is 59.3 Å². The van der Waals surface area contributed by atoms with E-state index in [1.807, 2.05) is 88.7 Å². The first-order valence-electron chi connectivity index (χ1n) is 19.8. The fraction of sp³-hybridized carbons (Fsp3) is 0.512. The Balaban J connectivity index is 0.963. The number of benzene rings is 2. The quantitative estimate of drug-likeness (QED) is 0.117. The highest BCUT2D eigenvalue weighted by Gasteiger charge is 2.44. The van der Waals surface area contributed by atoms with E-state index >= 15 is 0 Å². The van der Waals surface area contributed by atoms with Gasteiger partial charge < -0.3 is 35.0 Å². The molecular weight excluding hydrogens is 761 g/mol. The summed E-state index contributed by atoms with van der Waals surface area (Å²) in [7, 11) is 0. The van der Waals surface area contributed by atoms with Crippen LogP contribution >= 0.6 is 22.7 Å². The summed E-state index contributed by atoms with van der Waals surface area (Å²) in [4.78, 5) is 54.9. The molecule has 3 amide bonds. The summed E-state index contributed by atoms with van der Waals surface area (Å²) in [5.41, 5.74) is 6.10. The second-order valence-corrected chi connectivity index (χ2v) is 18.1. The predicted octanol–water partition coefficient (Wildman–Crippen LogP) is 6.77. The molecular formula is C43H56N6O6S2. The first-order chi connectivity index (χ1) is 27.2. The summed E-state index contributed by atoms with van der Waals surface area (Å²) in [5.74, 6) is -0.222. The van der Waals surface area contributed by atoms with Gasteiger partial charge in [0.1, 0.15) is 17.8 Å². The Morgan fingerprint density at radius 3 is 2.40 bits per heavy atom. The molecule has 2 aromatic heterocycles. The molecule has 0 saturated carbocycles. The third-order valence-electron chi connectivity index (χ3n) is 10.6. The molecule has 2 unspecified atom stereocenters. The van der Waals surface area contributed by atoms with Crippen molar-refractivity contribution >= 4 is 45.5 Å². The fourth-order valence-electron chi connectivity index (χ4n) is 7.25. The largest absolute Gasteiger partial charge is 0.494 e. The summed E-state index contributed by atoms with van der Waals surface area (Å²) in [6, 6.07) is 14.1. The second-order valence-electron chi connectivity index (χ2n) is 16.4. The molecule has 2 aliphatic heterocycles. The maximum Gasteiger partial charge on any atom is 0.246 e. The molecule has 3 N–H and O–H groups in total. The van der Waals surface area contributed by atoms with Crippen LogP contribution in [0.3, 0.4) is 0 Å². The Morgan fingerprint density at radius 1 is 1.00 bits per heavy atom. The van der Waals surface area contributed by atoms with Crippen LogP contribution in [0.5, 0.6) is 5.75 Å². The Morgan fingerprint density at radius 2 is 1.72 bits per heavy atom. The van der Waals surface area contributed by atoms with Crippen LogP contribution < -0.4 is 20.3 Å². The molecule has 14 heteroatoms. The number of rotatable bonds is 14. The summed E-state index contributed by atoms with van der Waals surface area (Å²) in [6.45, 7) is 15.8. The van der Waals surface area contributed by atoms with Gasteiger partial charge in [-0.3, -0.25) is 14.4 Å². The number of thiazole rings is 2. The number of likely N-dealkylation sites (tertiary alicyclic amines) is 1. The van der Waals surface area contributed by atoms with E-state index < -0.39 is 23.6 Å². The van der Waals surface area contributed by atoms with Crippen LogP contribution in [0.25, 0.3) is 21.7 Å². The number of hydrogen-bond donors (Lipinski definition) is 3. The Bertz CT molecular complexity index is 1980. The number of carbonyl (C=O) groups excluding carboxylic acids is 3. The molecule has 2 saturated heterocycles. The van der Waals surface area contributed by atoms with Gasteiger partial charge in [0, 0.05) is 36.9 Å². The van der Waals surface area contributed by atoms with E-state index in [1.54, 1.807) is 22.7 Å². The van der Waals surface area contributed by atoms with Crippen molar-refractivity contribution in [1.29, 1.82) is 0 Å². The number of anilines is 1. The average Bonchev–Trinajstić information content (AvgIpc) is 3.94. The van der Waals surface area contributed by atoms with Gasteiger partial charge in [-0.1, -0.05) is 45.0 Å². The first-order valence-corrected chi connectivity index (χ1v) is 21.6. The van der Waals surface area contributed by atoms with Gasteiger partial charge in [-0.2, -0.15) is 0 Å². The Labute approximate surface area is 344 Å². The van der Waals surface area contributed by atoms with Gasteiger partial charge >= 0.3 is 0 Å². The molecule has 57 heavy (non-hydrogen) atoms. The molecule has 4 heterocycles. The smallest absolute Gasteiger partial charge is 0.246 e. The van der Waals surface area contributed by atoms with E-state index in [4.69, 9.17) is 14.5 Å². The number of ether oxygens (including phenoxy) is 2. The Kier molecular flexibility index (Phi) is 13.7. The summed E-state index contributed by atoms with van der Waals surface area (Å²) in [6.07, 6.45) is 0.912. The van der Waals surface area contributed by atoms with Gasteiger partial charge in [0.25, 0.3) is 0 Å². The summed E-state index contributed by atoms with van der Waals surface area (Å²) >= 11 is 3.23. The van der Waals surface area contributed by atoms with Crippen LogP contribution in [0.2, 0.25) is 0 Å². The molecule has 0 bridgehead atoms. The van der Waals surface area contributed by atoms with Crippen molar-refractivity contribution in [2.75, 3.05) is 31.2 Å². The van der Waals surface area contributed by atoms with Crippen LogP contribution in [0.1, 0.15) is 84.5 Å². The van der Waals surface area contributed by atoms with E-state index in [1.165, 1.54) is 4.90 Å². The maximum absolute atomic E-state index is 14.1. The van der Waals surface area contributed by atoms with E-state index in [0.717, 1.165) is 50.4 Å². The third kappa shape index (κ3) is 10.6. The molecule has 6 atom stereocenters. The van der Waals surface area contributed by atoms with Gasteiger partial charge in [-0.05, 0) is 81.3 Å². The standard InChI is InChI=1S/C43H56N6O6S2/c1-26-23-55-27(2)21-48(26)42-46-35(24-56-42)31-15-17-34(18-16-31)54-19-9-8-10-37(51)47-39(43(5,6)7)41(53)49-22-33(50)20-36(49)40(52)45-28(3)30-11-13-32(14-12-30)38-29(4)44-25-57-38/h11-18,24-28,33,36,39,50H,8-10,19-23H2,1-7H3,(H,45,52)(H,47,51)/t26?,27?,28-,33+,36-,39+/m0/s1. The lowest BCUT2D eigenvalue weighted by Gasteiger charge is -2.36. The lowest BCUT2D eigenvalue weighted by Crippen LogP contribution is -2.57. The highest BCUT2D eigenvalue weighted by molar-refractivity contribution is 7.14. The zero-order valence-corrected chi connectivity index (χ0v) is 35.6. The molecule has 2 aromatic carbocycles. The number of nitrogens with one attached hydrogen (secondary N) is 2. The number of aromatic nitrogens is 2. The number of hydrogen-bond acceptors (Lipinski definition) is 11. The van der Waals surface area contributed by atoms with E-state index in [2.05, 4.69) is 39.7 Å². The first kappa shape index (κ1) is 42.2. The monoisotopic (exact) mass is 816 g/mol. The number of amides is 3. The van der Waals surface area contributed by atoms with Crippen molar-refractivity contribution in [1.82, 2.24) is 25.5 Å². The minimum Gasteiger partial charge on any atom is -0.494 e. The van der Waals surface area contributed by atoms with Gasteiger partial charge in [-0.15, -0.1) is 22.7 Å². The van der Waals surface area contributed by atoms with Crippen LogP contribution in [0.4, 0.5) is 5.13 Å². The summed E-state index contributed by atoms with van der Waals surface area (Å²) in [5, 5.41) is 19.7. The molecule has 2 fully saturated rings. The number of nitrogens with zero attached hydrogens (tertiary/aromatic N) is 4. The van der Waals surface area contributed by atoms with Crippen molar-refractivity contribution < 1.29 is 29.0 Å². The fourth-order valence-corrected chi connectivity index (χ4v) is 9.01. The van der Waals surface area contributed by atoms with Crippen LogP contribution in [0, 0.1) is 12.3 Å². The third-order valence-corrected chi connectivity index (χ3v) is 12.5. The van der Waals surface area contributed by atoms with E-state index in [-0.39, 0.29) is 55.3 Å². The zero-order valence-electron chi connectivity index (χ0n) is 34.0. The molecule has 12 nitrogen and oxygen atoms in total. The highest BCUT2D eigenvalue weighted by atomic mass is 32.1. The number of aliphatic hydroxyl groups excluding tert-OH is 1. The number of unbranched alkanes of at least 4 members (excludes halogenated alkanes) is 1.